The first-order chi connectivity index (χ1) is 11.7. The molecule has 2 N–H and O–H groups in total. The summed E-state index contributed by atoms with van der Waals surface area (Å²) >= 11 is 0. The molecule has 0 spiro atoms. The van der Waals surface area contributed by atoms with Crippen LogP contribution in [0.15, 0.2) is 54.6 Å². The van der Waals surface area contributed by atoms with Crippen LogP contribution in [-0.4, -0.2) is 36.5 Å². The van der Waals surface area contributed by atoms with Crippen molar-refractivity contribution in [2.75, 3.05) is 19.7 Å². The summed E-state index contributed by atoms with van der Waals surface area (Å²) < 4.78 is 5.90. The number of carbonyl (C=O) groups is 1. The van der Waals surface area contributed by atoms with Gasteiger partial charge in [0, 0.05) is 24.7 Å². The van der Waals surface area contributed by atoms with Gasteiger partial charge in [-0.2, -0.15) is 0 Å². The van der Waals surface area contributed by atoms with E-state index in [1.807, 2.05) is 47.4 Å². The predicted octanol–water partition coefficient (Wildman–Crippen LogP) is 3.49. The maximum absolute atomic E-state index is 12.3. The van der Waals surface area contributed by atoms with Crippen LogP contribution in [0.25, 0.3) is 11.1 Å². The molecule has 25 heavy (non-hydrogen) atoms. The molecule has 0 radical (unpaired) electrons. The summed E-state index contributed by atoms with van der Waals surface area (Å²) in [6.45, 7) is 1.86. The molecule has 1 aliphatic rings. The molecule has 0 bridgehead atoms. The Hall–Kier alpha value is -2.04. The third-order valence-electron chi connectivity index (χ3n) is 4.36. The van der Waals surface area contributed by atoms with Crippen molar-refractivity contribution in [2.45, 2.75) is 25.3 Å². The summed E-state index contributed by atoms with van der Waals surface area (Å²) in [7, 11) is 0. The monoisotopic (exact) mass is 360 g/mol. The Balaban J connectivity index is 0.00000225. The molecule has 5 heteroatoms. The van der Waals surface area contributed by atoms with Crippen LogP contribution in [0.4, 0.5) is 0 Å². The summed E-state index contributed by atoms with van der Waals surface area (Å²) in [5.74, 6) is 0.939. The van der Waals surface area contributed by atoms with Crippen molar-refractivity contribution in [3.63, 3.8) is 0 Å². The Morgan fingerprint density at radius 1 is 1.12 bits per heavy atom. The number of hydrogen-bond donors (Lipinski definition) is 1. The Kier molecular flexibility index (Phi) is 7.29. The Bertz CT molecular complexity index is 678. The predicted molar refractivity (Wildman–Crippen MR) is 103 cm³/mol. The van der Waals surface area contributed by atoms with Gasteiger partial charge >= 0.3 is 0 Å². The number of halogens is 1. The van der Waals surface area contributed by atoms with Crippen LogP contribution >= 0.6 is 12.4 Å². The molecule has 1 atom stereocenters. The molecule has 2 aromatic rings. The summed E-state index contributed by atoms with van der Waals surface area (Å²) in [5.41, 5.74) is 8.10. The van der Waals surface area contributed by atoms with E-state index >= 15 is 0 Å². The lowest BCUT2D eigenvalue weighted by molar-refractivity contribution is -0.132. The van der Waals surface area contributed by atoms with Crippen molar-refractivity contribution >= 4 is 18.3 Å². The Morgan fingerprint density at radius 2 is 1.84 bits per heavy atom. The van der Waals surface area contributed by atoms with Crippen LogP contribution in [0.5, 0.6) is 5.75 Å². The molecule has 1 fully saturated rings. The summed E-state index contributed by atoms with van der Waals surface area (Å²) in [5, 5.41) is 0. The number of piperidine rings is 1. The van der Waals surface area contributed by atoms with Gasteiger partial charge in [0.15, 0.2) is 0 Å². The number of hydrogen-bond acceptors (Lipinski definition) is 3. The number of para-hydroxylation sites is 1. The fraction of sp³-hybridized carbons (Fsp3) is 0.350. The van der Waals surface area contributed by atoms with E-state index in [2.05, 4.69) is 12.1 Å². The van der Waals surface area contributed by atoms with Crippen LogP contribution in [0.3, 0.4) is 0 Å². The van der Waals surface area contributed by atoms with Crippen LogP contribution in [-0.2, 0) is 4.79 Å². The number of likely N-dealkylation sites (tertiary alicyclic amines) is 1. The largest absolute Gasteiger partial charge is 0.492 e. The highest BCUT2D eigenvalue weighted by Gasteiger charge is 2.21. The van der Waals surface area contributed by atoms with E-state index in [4.69, 9.17) is 10.5 Å². The van der Waals surface area contributed by atoms with Crippen LogP contribution in [0.1, 0.15) is 19.3 Å². The first-order valence-corrected chi connectivity index (χ1v) is 8.54. The van der Waals surface area contributed by atoms with Crippen molar-refractivity contribution in [1.29, 1.82) is 0 Å². The molecule has 0 aromatic heterocycles. The van der Waals surface area contributed by atoms with E-state index in [0.29, 0.717) is 19.6 Å². The minimum atomic E-state index is 0. The van der Waals surface area contributed by atoms with E-state index in [1.54, 1.807) is 0 Å². The van der Waals surface area contributed by atoms with Crippen molar-refractivity contribution in [3.05, 3.63) is 54.6 Å². The SMILES string of the molecule is Cl.NC1CCCN(C(=O)CCOc2ccccc2-c2ccccc2)C1. The number of carbonyl (C=O) groups excluding carboxylic acids is 1. The molecule has 1 unspecified atom stereocenters. The first-order valence-electron chi connectivity index (χ1n) is 8.54. The summed E-state index contributed by atoms with van der Waals surface area (Å²) in [6.07, 6.45) is 2.38. The molecule has 1 heterocycles. The van der Waals surface area contributed by atoms with Gasteiger partial charge in [0.2, 0.25) is 5.91 Å². The highest BCUT2D eigenvalue weighted by atomic mass is 35.5. The standard InChI is InChI=1S/C20H24N2O2.ClH/c21-17-9-6-13-22(15-17)20(23)12-14-24-19-11-5-4-10-18(19)16-7-2-1-3-8-16;/h1-5,7-8,10-11,17H,6,9,12-15,21H2;1H. The minimum absolute atomic E-state index is 0. The maximum atomic E-state index is 12.3. The number of benzene rings is 2. The van der Waals surface area contributed by atoms with Gasteiger partial charge in [0.1, 0.15) is 5.75 Å². The third-order valence-corrected chi connectivity index (χ3v) is 4.36. The van der Waals surface area contributed by atoms with E-state index in [1.165, 1.54) is 0 Å². The zero-order valence-electron chi connectivity index (χ0n) is 14.3. The summed E-state index contributed by atoms with van der Waals surface area (Å²) in [4.78, 5) is 14.1. The van der Waals surface area contributed by atoms with Gasteiger partial charge in [-0.25, -0.2) is 0 Å². The highest BCUT2D eigenvalue weighted by molar-refractivity contribution is 5.85. The van der Waals surface area contributed by atoms with E-state index in [0.717, 1.165) is 36.3 Å². The smallest absolute Gasteiger partial charge is 0.226 e. The molecular formula is C20H25ClN2O2. The zero-order chi connectivity index (χ0) is 16.8. The van der Waals surface area contributed by atoms with Crippen molar-refractivity contribution in [2.24, 2.45) is 5.73 Å². The van der Waals surface area contributed by atoms with Crippen molar-refractivity contribution in [1.82, 2.24) is 4.90 Å². The van der Waals surface area contributed by atoms with E-state index < -0.39 is 0 Å². The lowest BCUT2D eigenvalue weighted by atomic mass is 10.0. The lowest BCUT2D eigenvalue weighted by Crippen LogP contribution is -2.46. The molecule has 3 rings (SSSR count). The maximum Gasteiger partial charge on any atom is 0.226 e. The minimum Gasteiger partial charge on any atom is -0.492 e. The third kappa shape index (κ3) is 5.21. The second-order valence-electron chi connectivity index (χ2n) is 6.20. The Labute approximate surface area is 155 Å². The van der Waals surface area contributed by atoms with Gasteiger partial charge < -0.3 is 15.4 Å². The number of ether oxygens (including phenoxy) is 1. The molecule has 1 saturated heterocycles. The topological polar surface area (TPSA) is 55.6 Å². The number of nitrogens with two attached hydrogens (primary N) is 1. The molecule has 0 saturated carbocycles. The number of amides is 1. The normalized spacial score (nSPS) is 16.8. The van der Waals surface area contributed by atoms with Crippen LogP contribution < -0.4 is 10.5 Å². The van der Waals surface area contributed by atoms with Gasteiger partial charge in [-0.3, -0.25) is 4.79 Å². The molecule has 4 nitrogen and oxygen atoms in total. The van der Waals surface area contributed by atoms with Gasteiger partial charge in [-0.05, 0) is 24.5 Å². The van der Waals surface area contributed by atoms with Crippen molar-refractivity contribution < 1.29 is 9.53 Å². The second-order valence-corrected chi connectivity index (χ2v) is 6.20. The van der Waals surface area contributed by atoms with E-state index in [-0.39, 0.29) is 24.4 Å². The average Bonchev–Trinajstić information content (AvgIpc) is 2.63. The Morgan fingerprint density at radius 3 is 2.60 bits per heavy atom. The zero-order valence-corrected chi connectivity index (χ0v) is 15.1. The quantitative estimate of drug-likeness (QED) is 0.887. The number of nitrogens with zero attached hydrogens (tertiary/aromatic N) is 1. The highest BCUT2D eigenvalue weighted by Crippen LogP contribution is 2.29. The summed E-state index contributed by atoms with van der Waals surface area (Å²) in [6, 6.07) is 18.2. The fourth-order valence-electron chi connectivity index (χ4n) is 3.09. The van der Waals surface area contributed by atoms with Crippen LogP contribution in [0.2, 0.25) is 0 Å². The molecule has 1 aliphatic heterocycles. The molecule has 0 aliphatic carbocycles. The molecule has 1 amide bonds. The van der Waals surface area contributed by atoms with Crippen molar-refractivity contribution in [3.8, 4) is 16.9 Å². The van der Waals surface area contributed by atoms with E-state index in [9.17, 15) is 4.79 Å². The van der Waals surface area contributed by atoms with Gasteiger partial charge in [-0.15, -0.1) is 12.4 Å². The second kappa shape index (κ2) is 9.44. The fourth-order valence-corrected chi connectivity index (χ4v) is 3.09. The van der Waals surface area contributed by atoms with Gasteiger partial charge in [-0.1, -0.05) is 48.5 Å². The van der Waals surface area contributed by atoms with Crippen LogP contribution in [0, 0.1) is 0 Å². The average molecular weight is 361 g/mol. The molecule has 134 valence electrons. The number of rotatable bonds is 5. The lowest BCUT2D eigenvalue weighted by Gasteiger charge is -2.30. The molecule has 2 aromatic carbocycles. The van der Waals surface area contributed by atoms with Gasteiger partial charge in [0.05, 0.1) is 13.0 Å². The van der Waals surface area contributed by atoms with Gasteiger partial charge in [0.25, 0.3) is 0 Å². The molecular weight excluding hydrogens is 336 g/mol. The first kappa shape index (κ1) is 19.3.